The molecule has 2 atom stereocenters. The van der Waals surface area contributed by atoms with Crippen LogP contribution in [-0.2, 0) is 18.6 Å². The molecule has 2 unspecified atom stereocenters. The van der Waals surface area contributed by atoms with Crippen molar-refractivity contribution in [1.82, 2.24) is 4.57 Å². The van der Waals surface area contributed by atoms with Crippen LogP contribution in [-0.4, -0.2) is 54.4 Å². The Morgan fingerprint density at radius 3 is 1.22 bits per heavy atom. The van der Waals surface area contributed by atoms with E-state index in [4.69, 9.17) is 28.1 Å². The van der Waals surface area contributed by atoms with Gasteiger partial charge >= 0.3 is 14.2 Å². The summed E-state index contributed by atoms with van der Waals surface area (Å²) in [4.78, 5) is 2.36. The van der Waals surface area contributed by atoms with Crippen LogP contribution in [0.5, 0.6) is 11.5 Å². The summed E-state index contributed by atoms with van der Waals surface area (Å²) in [5.41, 5.74) is 8.65. The van der Waals surface area contributed by atoms with Crippen LogP contribution >= 0.6 is 0 Å². The molecule has 2 fully saturated rings. The zero-order chi connectivity index (χ0) is 55.8. The first-order chi connectivity index (χ1) is 37.3. The summed E-state index contributed by atoms with van der Waals surface area (Å²) < 4.78 is 42.7. The van der Waals surface area contributed by atoms with Crippen LogP contribution in [0.3, 0.4) is 0 Å². The lowest BCUT2D eigenvalue weighted by Crippen LogP contribution is -2.41. The molecule has 0 aliphatic carbocycles. The number of benzene rings is 5. The van der Waals surface area contributed by atoms with Gasteiger partial charge in [-0.1, -0.05) is 122 Å². The van der Waals surface area contributed by atoms with Crippen LogP contribution in [0.25, 0.3) is 27.5 Å². The summed E-state index contributed by atoms with van der Waals surface area (Å²) >= 11 is 0. The van der Waals surface area contributed by atoms with E-state index in [1.807, 2.05) is 0 Å². The summed E-state index contributed by atoms with van der Waals surface area (Å²) in [6.45, 7) is 32.0. The van der Waals surface area contributed by atoms with Crippen LogP contribution in [0.1, 0.15) is 197 Å². The summed E-state index contributed by atoms with van der Waals surface area (Å²) in [5, 5.41) is 2.33. The molecular weight excluding hydrogens is 962 g/mol. The van der Waals surface area contributed by atoms with Crippen molar-refractivity contribution in [2.75, 3.05) is 18.1 Å². The lowest BCUT2D eigenvalue weighted by atomic mass is 9.75. The summed E-state index contributed by atoms with van der Waals surface area (Å²) in [7, 11) is -1.04. The second kappa shape index (κ2) is 25.8. The van der Waals surface area contributed by atoms with Gasteiger partial charge in [0.2, 0.25) is 0 Å². The maximum absolute atomic E-state index is 6.75. The lowest BCUT2D eigenvalue weighted by molar-refractivity contribution is 0.00578. The first-order valence-corrected chi connectivity index (χ1v) is 30.5. The molecule has 8 nitrogen and oxygen atoms in total. The first kappa shape index (κ1) is 59.4. The molecule has 6 aromatic rings. The Balaban J connectivity index is 1.21. The minimum absolute atomic E-state index is 0.483. The lowest BCUT2D eigenvalue weighted by Gasteiger charge is -2.32. The molecule has 2 saturated heterocycles. The number of anilines is 3. The van der Waals surface area contributed by atoms with Crippen LogP contribution in [0.4, 0.5) is 17.1 Å². The van der Waals surface area contributed by atoms with Crippen molar-refractivity contribution in [1.29, 1.82) is 0 Å². The fourth-order valence-corrected chi connectivity index (χ4v) is 11.4. The fraction of sp³-hybridized carbons (Fsp3) is 0.559. The van der Waals surface area contributed by atoms with Crippen molar-refractivity contribution in [3.63, 3.8) is 0 Å². The fourth-order valence-electron chi connectivity index (χ4n) is 11.4. The van der Waals surface area contributed by atoms with Gasteiger partial charge in [0.1, 0.15) is 11.5 Å². The molecule has 8 rings (SSSR count). The minimum atomic E-state index is -0.519. The first-order valence-electron chi connectivity index (χ1n) is 30.5. The average molecular weight is 1060 g/mol. The van der Waals surface area contributed by atoms with Gasteiger partial charge in [0, 0.05) is 33.5 Å². The third-order valence-corrected chi connectivity index (χ3v) is 17.9. The maximum atomic E-state index is 6.75. The number of hydrogen-bond donors (Lipinski definition) is 0. The Bertz CT molecular complexity index is 2690. The molecule has 2 aliphatic heterocycles. The van der Waals surface area contributed by atoms with E-state index in [9.17, 15) is 0 Å². The van der Waals surface area contributed by atoms with E-state index >= 15 is 0 Å². The van der Waals surface area contributed by atoms with Crippen molar-refractivity contribution < 1.29 is 28.1 Å². The highest BCUT2D eigenvalue weighted by molar-refractivity contribution is 6.63. The van der Waals surface area contributed by atoms with E-state index in [1.54, 1.807) is 0 Å². The summed E-state index contributed by atoms with van der Waals surface area (Å²) in [5.74, 6) is 2.95. The molecule has 2 aliphatic rings. The van der Waals surface area contributed by atoms with Crippen molar-refractivity contribution in [3.8, 4) is 17.2 Å². The van der Waals surface area contributed by atoms with Gasteiger partial charge in [0.05, 0.1) is 46.7 Å². The molecule has 0 bridgehead atoms. The topological polar surface area (TPSA) is 63.6 Å². The third-order valence-electron chi connectivity index (χ3n) is 17.9. The van der Waals surface area contributed by atoms with Gasteiger partial charge in [0.15, 0.2) is 0 Å². The highest BCUT2D eigenvalue weighted by Crippen LogP contribution is 2.42. The number of aryl methyl sites for hydroxylation is 2. The van der Waals surface area contributed by atoms with Crippen molar-refractivity contribution in [2.24, 2.45) is 11.8 Å². The molecular formula is C68H96B2N2O6. The van der Waals surface area contributed by atoms with E-state index in [0.717, 1.165) is 91.3 Å². The highest BCUT2D eigenvalue weighted by atomic mass is 16.7. The maximum Gasteiger partial charge on any atom is 0.495 e. The number of fused-ring (bicyclic) bond motifs is 3. The van der Waals surface area contributed by atoms with Crippen LogP contribution in [0, 0.1) is 25.7 Å². The largest absolute Gasteiger partial charge is 0.495 e. The SMILES string of the molecule is CCCCCCC(CCCC)COc1ccc(N(c2ccc(OCC(CCCC)CCCCCC)cc2)c2cccc(-n3c4cc(B5OC(C)(C)C(C)(C)O5)c(C)cc4c4cc(C)c(B5OC(C)(C)C(C)(C)O5)cc43)c2)cc1. The Morgan fingerprint density at radius 2 is 0.833 bits per heavy atom. The molecule has 3 heterocycles. The number of rotatable bonds is 28. The van der Waals surface area contributed by atoms with Gasteiger partial charge in [-0.2, -0.15) is 0 Å². The molecule has 78 heavy (non-hydrogen) atoms. The smallest absolute Gasteiger partial charge is 0.493 e. The van der Waals surface area contributed by atoms with Gasteiger partial charge in [-0.25, -0.2) is 0 Å². The van der Waals surface area contributed by atoms with E-state index < -0.39 is 36.6 Å². The molecule has 5 aromatic carbocycles. The third kappa shape index (κ3) is 13.5. The monoisotopic (exact) mass is 1060 g/mol. The molecule has 0 spiro atoms. The normalized spacial score (nSPS) is 17.3. The van der Waals surface area contributed by atoms with Gasteiger partial charge in [-0.3, -0.25) is 0 Å². The number of ether oxygens (including phenoxy) is 2. The number of unbranched alkanes of at least 4 members (excludes halogenated alkanes) is 8. The standard InChI is InChI=1S/C68H96B2N2O6/c1-15-19-23-25-30-51(28-21-17-3)47-73-57-38-34-53(35-39-57)71(54-36-40-58(41-37-54)74-48-52(29-22-18-4)31-26-24-20-16-2)55-32-27-33-56(44-55)72-63-45-61(69-75-65(7,8)66(9,10)76-69)49(5)42-59(63)60-43-50(6)62(46-64(60)72)70-77-67(11,12)68(13,14)78-70/h27,32-46,51-52H,15-26,28-31,47-48H2,1-14H3. The molecule has 0 N–H and O–H groups in total. The summed E-state index contributed by atoms with van der Waals surface area (Å²) in [6, 6.07) is 35.7. The minimum Gasteiger partial charge on any atom is -0.493 e. The molecule has 10 heteroatoms. The Hall–Kier alpha value is -4.73. The molecule has 0 radical (unpaired) electrons. The van der Waals surface area contributed by atoms with Crippen molar-refractivity contribution in [2.45, 2.75) is 222 Å². The van der Waals surface area contributed by atoms with Gasteiger partial charge in [-0.05, 0) is 209 Å². The average Bonchev–Trinajstić information content (AvgIpc) is 3.95. The van der Waals surface area contributed by atoms with Gasteiger partial charge in [0.25, 0.3) is 0 Å². The zero-order valence-corrected chi connectivity index (χ0v) is 50.6. The predicted octanol–water partition coefficient (Wildman–Crippen LogP) is 17.8. The second-order valence-corrected chi connectivity index (χ2v) is 25.1. The van der Waals surface area contributed by atoms with Crippen molar-refractivity contribution >= 4 is 64.0 Å². The van der Waals surface area contributed by atoms with Crippen molar-refractivity contribution in [3.05, 3.63) is 108 Å². The zero-order valence-electron chi connectivity index (χ0n) is 50.6. The second-order valence-electron chi connectivity index (χ2n) is 25.1. The van der Waals surface area contributed by atoms with Crippen LogP contribution in [0.15, 0.2) is 97.1 Å². The van der Waals surface area contributed by atoms with E-state index in [1.165, 1.54) is 103 Å². The van der Waals surface area contributed by atoms with E-state index in [2.05, 4.69) is 203 Å². The van der Waals surface area contributed by atoms with E-state index in [0.29, 0.717) is 11.8 Å². The Kier molecular flexibility index (Phi) is 19.6. The summed E-state index contributed by atoms with van der Waals surface area (Å²) in [6.07, 6.45) is 20.1. The quantitative estimate of drug-likeness (QED) is 0.0358. The number of nitrogens with zero attached hydrogens (tertiary/aromatic N) is 2. The molecule has 0 amide bonds. The predicted molar refractivity (Wildman–Crippen MR) is 331 cm³/mol. The highest BCUT2D eigenvalue weighted by Gasteiger charge is 2.53. The number of aromatic nitrogens is 1. The van der Waals surface area contributed by atoms with Gasteiger partial charge < -0.3 is 37.6 Å². The van der Waals surface area contributed by atoms with Crippen LogP contribution < -0.4 is 25.3 Å². The van der Waals surface area contributed by atoms with E-state index in [-0.39, 0.29) is 0 Å². The Labute approximate surface area is 471 Å². The molecule has 0 saturated carbocycles. The Morgan fingerprint density at radius 1 is 0.449 bits per heavy atom. The van der Waals surface area contributed by atoms with Gasteiger partial charge in [-0.15, -0.1) is 0 Å². The van der Waals surface area contributed by atoms with Crippen LogP contribution in [0.2, 0.25) is 0 Å². The molecule has 420 valence electrons. The number of hydrogen-bond acceptors (Lipinski definition) is 7. The molecule has 1 aromatic heterocycles.